The molecule has 1 unspecified atom stereocenters. The summed E-state index contributed by atoms with van der Waals surface area (Å²) < 4.78 is 0. The number of aryl methyl sites for hydroxylation is 1. The van der Waals surface area contributed by atoms with Crippen LogP contribution in [0.5, 0.6) is 5.75 Å². The van der Waals surface area contributed by atoms with Crippen molar-refractivity contribution in [2.45, 2.75) is 25.8 Å². The Morgan fingerprint density at radius 3 is 2.03 bits per heavy atom. The van der Waals surface area contributed by atoms with Crippen molar-refractivity contribution in [2.24, 2.45) is 23.3 Å². The number of phenols is 1. The van der Waals surface area contributed by atoms with Gasteiger partial charge in [0.1, 0.15) is 11.6 Å². The van der Waals surface area contributed by atoms with Gasteiger partial charge in [0.25, 0.3) is 0 Å². The maximum Gasteiger partial charge on any atom is 0.224 e. The molecule has 2 atom stereocenters. The van der Waals surface area contributed by atoms with Crippen molar-refractivity contribution >= 4 is 17.6 Å². The third-order valence-electron chi connectivity index (χ3n) is 5.90. The van der Waals surface area contributed by atoms with Crippen LogP contribution in [0.3, 0.4) is 0 Å². The SMILES string of the molecule is N=C(N)c1ccc(CNC(=O)[C@@H](Cc2ccc(O)cc2)C(CCc2ccccc2)C(N)=O)cc1. The van der Waals surface area contributed by atoms with E-state index in [1.54, 1.807) is 48.5 Å². The number of hydrogen-bond donors (Lipinski definition) is 5. The van der Waals surface area contributed by atoms with Gasteiger partial charge < -0.3 is 21.9 Å². The van der Waals surface area contributed by atoms with Crippen LogP contribution in [0.15, 0.2) is 78.9 Å². The first-order valence-electron chi connectivity index (χ1n) is 11.2. The van der Waals surface area contributed by atoms with Crippen LogP contribution in [0.1, 0.15) is 28.7 Å². The first kappa shape index (κ1) is 24.5. The van der Waals surface area contributed by atoms with Crippen LogP contribution < -0.4 is 16.8 Å². The van der Waals surface area contributed by atoms with Crippen LogP contribution in [0.2, 0.25) is 0 Å². The standard InChI is InChI=1S/C27H30N4O3/c28-25(29)21-11-6-20(7-12-21)17-31-27(34)24(16-19-8-13-22(32)14-9-19)23(26(30)33)15-10-18-4-2-1-3-5-18/h1-9,11-14,23-24,32H,10,15-17H2,(H3,28,29)(H2,30,33)(H,31,34)/t23?,24-/m0/s1. The third kappa shape index (κ3) is 6.93. The number of nitrogens with two attached hydrogens (primary N) is 2. The summed E-state index contributed by atoms with van der Waals surface area (Å²) in [5.74, 6) is -1.99. The van der Waals surface area contributed by atoms with Gasteiger partial charge in [0.05, 0.1) is 5.92 Å². The lowest BCUT2D eigenvalue weighted by atomic mass is 9.81. The molecule has 7 nitrogen and oxygen atoms in total. The minimum atomic E-state index is -0.665. The van der Waals surface area contributed by atoms with Gasteiger partial charge in [-0.05, 0) is 48.1 Å². The molecular weight excluding hydrogens is 428 g/mol. The average molecular weight is 459 g/mol. The van der Waals surface area contributed by atoms with Gasteiger partial charge in [-0.25, -0.2) is 0 Å². The van der Waals surface area contributed by atoms with Crippen LogP contribution in [-0.2, 0) is 29.0 Å². The number of hydrogen-bond acceptors (Lipinski definition) is 4. The van der Waals surface area contributed by atoms with Crippen molar-refractivity contribution in [1.29, 1.82) is 5.41 Å². The summed E-state index contributed by atoms with van der Waals surface area (Å²) in [4.78, 5) is 25.8. The lowest BCUT2D eigenvalue weighted by Crippen LogP contribution is -2.41. The molecule has 7 heteroatoms. The van der Waals surface area contributed by atoms with Crippen LogP contribution in [0.25, 0.3) is 0 Å². The molecule has 3 aromatic rings. The molecule has 7 N–H and O–H groups in total. The van der Waals surface area contributed by atoms with Crippen molar-refractivity contribution in [3.63, 3.8) is 0 Å². The molecule has 0 aliphatic rings. The lowest BCUT2D eigenvalue weighted by molar-refractivity contribution is -0.133. The van der Waals surface area contributed by atoms with Gasteiger partial charge in [0.2, 0.25) is 11.8 Å². The Kier molecular flexibility index (Phi) is 8.40. The molecule has 0 aromatic heterocycles. The number of carbonyl (C=O) groups is 2. The molecule has 0 spiro atoms. The maximum atomic E-state index is 13.3. The molecule has 0 heterocycles. The van der Waals surface area contributed by atoms with Crippen LogP contribution >= 0.6 is 0 Å². The average Bonchev–Trinajstić information content (AvgIpc) is 2.84. The van der Waals surface area contributed by atoms with E-state index in [4.69, 9.17) is 16.9 Å². The Morgan fingerprint density at radius 1 is 0.824 bits per heavy atom. The molecule has 34 heavy (non-hydrogen) atoms. The maximum absolute atomic E-state index is 13.3. The number of amides is 2. The van der Waals surface area contributed by atoms with Gasteiger partial charge in [-0.2, -0.15) is 0 Å². The summed E-state index contributed by atoms with van der Waals surface area (Å²) >= 11 is 0. The fourth-order valence-corrected chi connectivity index (χ4v) is 3.93. The Labute approximate surface area is 199 Å². The highest BCUT2D eigenvalue weighted by Gasteiger charge is 2.32. The molecule has 3 aromatic carbocycles. The van der Waals surface area contributed by atoms with E-state index in [0.717, 1.165) is 16.7 Å². The molecular formula is C27H30N4O3. The molecule has 0 bridgehead atoms. The fourth-order valence-electron chi connectivity index (χ4n) is 3.93. The second-order valence-electron chi connectivity index (χ2n) is 8.34. The molecule has 0 saturated heterocycles. The van der Waals surface area contributed by atoms with Crippen molar-refractivity contribution in [3.8, 4) is 5.75 Å². The van der Waals surface area contributed by atoms with Gasteiger partial charge in [0.15, 0.2) is 0 Å². The number of nitrogens with one attached hydrogen (secondary N) is 2. The van der Waals surface area contributed by atoms with Crippen LogP contribution in [0.4, 0.5) is 0 Å². The summed E-state index contributed by atoms with van der Waals surface area (Å²) in [6, 6.07) is 23.4. The van der Waals surface area contributed by atoms with E-state index in [-0.39, 0.29) is 24.0 Å². The van der Waals surface area contributed by atoms with E-state index in [1.165, 1.54) is 0 Å². The zero-order valence-corrected chi connectivity index (χ0v) is 18.9. The highest BCUT2D eigenvalue weighted by atomic mass is 16.3. The van der Waals surface area contributed by atoms with E-state index in [1.807, 2.05) is 30.3 Å². The third-order valence-corrected chi connectivity index (χ3v) is 5.90. The molecule has 0 aliphatic heterocycles. The van der Waals surface area contributed by atoms with Crippen molar-refractivity contribution in [1.82, 2.24) is 5.32 Å². The number of primary amides is 1. The number of nitrogen functional groups attached to an aromatic ring is 1. The second kappa shape index (κ2) is 11.7. The molecule has 2 amide bonds. The summed E-state index contributed by atoms with van der Waals surface area (Å²) in [6.45, 7) is 0.271. The topological polar surface area (TPSA) is 142 Å². The quantitative estimate of drug-likeness (QED) is 0.222. The van der Waals surface area contributed by atoms with E-state index in [9.17, 15) is 14.7 Å². The summed E-state index contributed by atoms with van der Waals surface area (Å²) in [6.07, 6.45) is 1.39. The predicted molar refractivity (Wildman–Crippen MR) is 132 cm³/mol. The van der Waals surface area contributed by atoms with Crippen molar-refractivity contribution in [3.05, 3.63) is 101 Å². The summed E-state index contributed by atoms with van der Waals surface area (Å²) in [5, 5.41) is 20.0. The predicted octanol–water partition coefficient (Wildman–Crippen LogP) is 2.89. The molecule has 0 radical (unpaired) electrons. The normalized spacial score (nSPS) is 12.5. The number of amidine groups is 1. The van der Waals surface area contributed by atoms with Crippen molar-refractivity contribution in [2.75, 3.05) is 0 Å². The zero-order chi connectivity index (χ0) is 24.5. The highest BCUT2D eigenvalue weighted by Crippen LogP contribution is 2.24. The number of benzene rings is 3. The van der Waals surface area contributed by atoms with E-state index < -0.39 is 17.7 Å². The first-order chi connectivity index (χ1) is 16.3. The van der Waals surface area contributed by atoms with Crippen LogP contribution in [0, 0.1) is 17.2 Å². The smallest absolute Gasteiger partial charge is 0.224 e. The number of rotatable bonds is 11. The zero-order valence-electron chi connectivity index (χ0n) is 18.9. The minimum absolute atomic E-state index is 0.0211. The van der Waals surface area contributed by atoms with Crippen LogP contribution in [-0.4, -0.2) is 22.8 Å². The van der Waals surface area contributed by atoms with Crippen molar-refractivity contribution < 1.29 is 14.7 Å². The number of aromatic hydroxyl groups is 1. The Hall–Kier alpha value is -4.13. The Bertz CT molecular complexity index is 1110. The highest BCUT2D eigenvalue weighted by molar-refractivity contribution is 5.94. The van der Waals surface area contributed by atoms with Gasteiger partial charge in [0, 0.05) is 18.0 Å². The number of carbonyl (C=O) groups excluding carboxylic acids is 2. The Balaban J connectivity index is 1.77. The molecule has 0 saturated carbocycles. The first-order valence-corrected chi connectivity index (χ1v) is 11.2. The molecule has 3 rings (SSSR count). The van der Waals surface area contributed by atoms with E-state index in [2.05, 4.69) is 5.32 Å². The van der Waals surface area contributed by atoms with Gasteiger partial charge >= 0.3 is 0 Å². The second-order valence-corrected chi connectivity index (χ2v) is 8.34. The minimum Gasteiger partial charge on any atom is -0.508 e. The van der Waals surface area contributed by atoms with E-state index >= 15 is 0 Å². The fraction of sp³-hybridized carbons (Fsp3) is 0.222. The summed E-state index contributed by atoms with van der Waals surface area (Å²) in [7, 11) is 0. The largest absolute Gasteiger partial charge is 0.508 e. The van der Waals surface area contributed by atoms with Gasteiger partial charge in [-0.1, -0.05) is 66.7 Å². The molecule has 0 fully saturated rings. The molecule has 176 valence electrons. The molecule has 0 aliphatic carbocycles. The Morgan fingerprint density at radius 2 is 1.44 bits per heavy atom. The van der Waals surface area contributed by atoms with Gasteiger partial charge in [-0.3, -0.25) is 15.0 Å². The van der Waals surface area contributed by atoms with Gasteiger partial charge in [-0.15, -0.1) is 0 Å². The lowest BCUT2D eigenvalue weighted by Gasteiger charge is -2.24. The summed E-state index contributed by atoms with van der Waals surface area (Å²) in [5.41, 5.74) is 14.6. The number of phenolic OH excluding ortho intramolecular Hbond substituents is 1. The van der Waals surface area contributed by atoms with E-state index in [0.29, 0.717) is 24.8 Å². The monoisotopic (exact) mass is 458 g/mol.